The maximum atomic E-state index is 5.11. The average molecular weight is 263 g/mol. The molecule has 19 heavy (non-hydrogen) atoms. The van der Waals surface area contributed by atoms with Crippen molar-refractivity contribution < 1.29 is 4.74 Å². The first-order valence-corrected chi connectivity index (χ1v) is 7.20. The molecule has 2 nitrogen and oxygen atoms in total. The summed E-state index contributed by atoms with van der Waals surface area (Å²) in [6.07, 6.45) is 1.04. The Morgan fingerprint density at radius 3 is 2.16 bits per heavy atom. The summed E-state index contributed by atoms with van der Waals surface area (Å²) < 4.78 is 5.11. The van der Waals surface area contributed by atoms with Gasteiger partial charge in [-0.2, -0.15) is 0 Å². The lowest BCUT2D eigenvalue weighted by Gasteiger charge is -2.22. The molecule has 0 radical (unpaired) electrons. The van der Waals surface area contributed by atoms with Crippen LogP contribution in [0.1, 0.15) is 58.2 Å². The van der Waals surface area contributed by atoms with Gasteiger partial charge in [-0.25, -0.2) is 0 Å². The minimum atomic E-state index is 0.223. The fraction of sp³-hybridized carbons (Fsp3) is 0.647. The predicted octanol–water partition coefficient (Wildman–Crippen LogP) is 4.06. The van der Waals surface area contributed by atoms with Crippen LogP contribution in [0.2, 0.25) is 0 Å². The molecule has 0 aromatic heterocycles. The Morgan fingerprint density at radius 1 is 1.11 bits per heavy atom. The standard InChI is InChI=1S/C17H29NO/c1-13(11-12-19-6)18-14(2)15-7-9-16(10-8-15)17(3,4)5/h7-10,13-14,18H,11-12H2,1-6H3. The normalized spacial score (nSPS) is 15.3. The van der Waals surface area contributed by atoms with Crippen molar-refractivity contribution in [1.29, 1.82) is 0 Å². The minimum absolute atomic E-state index is 0.223. The summed E-state index contributed by atoms with van der Waals surface area (Å²) in [6, 6.07) is 9.81. The largest absolute Gasteiger partial charge is 0.385 e. The SMILES string of the molecule is COCCC(C)NC(C)c1ccc(C(C)(C)C)cc1. The molecule has 2 heteroatoms. The van der Waals surface area contributed by atoms with E-state index in [4.69, 9.17) is 4.74 Å². The maximum Gasteiger partial charge on any atom is 0.0476 e. The monoisotopic (exact) mass is 263 g/mol. The third kappa shape index (κ3) is 5.33. The van der Waals surface area contributed by atoms with E-state index in [1.807, 2.05) is 0 Å². The number of nitrogens with one attached hydrogen (secondary N) is 1. The molecule has 0 spiro atoms. The number of hydrogen-bond acceptors (Lipinski definition) is 2. The molecule has 0 bridgehead atoms. The van der Waals surface area contributed by atoms with Crippen molar-refractivity contribution in [2.75, 3.05) is 13.7 Å². The number of rotatable bonds is 6. The van der Waals surface area contributed by atoms with Crippen LogP contribution in [0.4, 0.5) is 0 Å². The molecule has 0 saturated carbocycles. The van der Waals surface area contributed by atoms with Crippen molar-refractivity contribution in [3.63, 3.8) is 0 Å². The Balaban J connectivity index is 2.60. The summed E-state index contributed by atoms with van der Waals surface area (Å²) >= 11 is 0. The summed E-state index contributed by atoms with van der Waals surface area (Å²) in [5.74, 6) is 0. The Labute approximate surface area is 118 Å². The third-order valence-corrected chi connectivity index (χ3v) is 3.57. The zero-order valence-corrected chi connectivity index (χ0v) is 13.3. The van der Waals surface area contributed by atoms with Gasteiger partial charge in [-0.15, -0.1) is 0 Å². The lowest BCUT2D eigenvalue weighted by Crippen LogP contribution is -2.30. The van der Waals surface area contributed by atoms with Gasteiger partial charge in [0.25, 0.3) is 0 Å². The lowest BCUT2D eigenvalue weighted by molar-refractivity contribution is 0.183. The second-order valence-electron chi connectivity index (χ2n) is 6.44. The van der Waals surface area contributed by atoms with E-state index < -0.39 is 0 Å². The van der Waals surface area contributed by atoms with Crippen LogP contribution in [-0.4, -0.2) is 19.8 Å². The molecular formula is C17H29NO. The van der Waals surface area contributed by atoms with Crippen LogP contribution in [-0.2, 0) is 10.2 Å². The number of hydrogen-bond donors (Lipinski definition) is 1. The molecule has 0 aliphatic rings. The molecule has 1 N–H and O–H groups in total. The molecule has 0 fully saturated rings. The molecule has 2 unspecified atom stereocenters. The fourth-order valence-corrected chi connectivity index (χ4v) is 2.17. The van der Waals surface area contributed by atoms with Crippen LogP contribution in [0.25, 0.3) is 0 Å². The van der Waals surface area contributed by atoms with Crippen molar-refractivity contribution in [2.24, 2.45) is 0 Å². The molecule has 1 aromatic carbocycles. The van der Waals surface area contributed by atoms with Gasteiger partial charge >= 0.3 is 0 Å². The van der Waals surface area contributed by atoms with Crippen molar-refractivity contribution >= 4 is 0 Å². The Morgan fingerprint density at radius 2 is 1.68 bits per heavy atom. The molecule has 1 aromatic rings. The average Bonchev–Trinajstić information content (AvgIpc) is 2.35. The van der Waals surface area contributed by atoms with Crippen molar-refractivity contribution in [3.8, 4) is 0 Å². The Hall–Kier alpha value is -0.860. The van der Waals surface area contributed by atoms with Gasteiger partial charge in [0, 0.05) is 25.8 Å². The van der Waals surface area contributed by atoms with Crippen molar-refractivity contribution in [1.82, 2.24) is 5.32 Å². The van der Waals surface area contributed by atoms with Crippen LogP contribution in [0.5, 0.6) is 0 Å². The maximum absolute atomic E-state index is 5.11. The first kappa shape index (κ1) is 16.2. The summed E-state index contributed by atoms with van der Waals surface area (Å²) in [5, 5.41) is 3.61. The van der Waals surface area contributed by atoms with Crippen molar-refractivity contribution in [2.45, 2.75) is 58.5 Å². The van der Waals surface area contributed by atoms with Gasteiger partial charge < -0.3 is 10.1 Å². The Kier molecular flexibility index (Phi) is 6.02. The summed E-state index contributed by atoms with van der Waals surface area (Å²) in [6.45, 7) is 12.0. The van der Waals surface area contributed by atoms with Crippen LogP contribution in [0, 0.1) is 0 Å². The molecule has 108 valence electrons. The van der Waals surface area contributed by atoms with E-state index in [1.54, 1.807) is 7.11 Å². The van der Waals surface area contributed by atoms with Crippen LogP contribution >= 0.6 is 0 Å². The predicted molar refractivity (Wildman–Crippen MR) is 82.6 cm³/mol. The quantitative estimate of drug-likeness (QED) is 0.835. The van der Waals surface area contributed by atoms with Gasteiger partial charge in [0.1, 0.15) is 0 Å². The van der Waals surface area contributed by atoms with Gasteiger partial charge in [-0.3, -0.25) is 0 Å². The second-order valence-corrected chi connectivity index (χ2v) is 6.44. The van der Waals surface area contributed by atoms with Gasteiger partial charge in [-0.05, 0) is 36.8 Å². The first-order valence-electron chi connectivity index (χ1n) is 7.20. The van der Waals surface area contributed by atoms with E-state index in [0.717, 1.165) is 13.0 Å². The minimum Gasteiger partial charge on any atom is -0.385 e. The molecule has 0 aliphatic carbocycles. The number of benzene rings is 1. The van der Waals surface area contributed by atoms with Crippen LogP contribution in [0.3, 0.4) is 0 Å². The van der Waals surface area contributed by atoms with E-state index in [2.05, 4.69) is 64.2 Å². The first-order chi connectivity index (χ1) is 8.84. The van der Waals surface area contributed by atoms with E-state index in [0.29, 0.717) is 12.1 Å². The molecule has 0 saturated heterocycles. The van der Waals surface area contributed by atoms with Crippen LogP contribution in [0.15, 0.2) is 24.3 Å². The molecule has 0 heterocycles. The molecule has 1 rings (SSSR count). The number of ether oxygens (including phenoxy) is 1. The zero-order valence-electron chi connectivity index (χ0n) is 13.3. The van der Waals surface area contributed by atoms with E-state index >= 15 is 0 Å². The second kappa shape index (κ2) is 7.06. The topological polar surface area (TPSA) is 21.3 Å². The lowest BCUT2D eigenvalue weighted by atomic mass is 9.86. The van der Waals surface area contributed by atoms with Gasteiger partial charge in [0.05, 0.1) is 0 Å². The highest BCUT2D eigenvalue weighted by Gasteiger charge is 2.14. The molecule has 0 amide bonds. The summed E-state index contributed by atoms with van der Waals surface area (Å²) in [4.78, 5) is 0. The summed E-state index contributed by atoms with van der Waals surface area (Å²) in [5.41, 5.74) is 2.95. The molecule has 0 aliphatic heterocycles. The highest BCUT2D eigenvalue weighted by Crippen LogP contribution is 2.24. The summed E-state index contributed by atoms with van der Waals surface area (Å²) in [7, 11) is 1.75. The molecular weight excluding hydrogens is 234 g/mol. The zero-order chi connectivity index (χ0) is 14.5. The highest BCUT2D eigenvalue weighted by molar-refractivity contribution is 5.29. The van der Waals surface area contributed by atoms with Gasteiger partial charge in [-0.1, -0.05) is 45.0 Å². The third-order valence-electron chi connectivity index (χ3n) is 3.57. The van der Waals surface area contributed by atoms with Gasteiger partial charge in [0.15, 0.2) is 0 Å². The fourth-order valence-electron chi connectivity index (χ4n) is 2.17. The Bertz CT molecular complexity index is 364. The van der Waals surface area contributed by atoms with Crippen molar-refractivity contribution in [3.05, 3.63) is 35.4 Å². The van der Waals surface area contributed by atoms with Gasteiger partial charge in [0.2, 0.25) is 0 Å². The van der Waals surface area contributed by atoms with E-state index in [-0.39, 0.29) is 5.41 Å². The van der Waals surface area contributed by atoms with E-state index in [9.17, 15) is 0 Å². The van der Waals surface area contributed by atoms with Crippen LogP contribution < -0.4 is 5.32 Å². The highest BCUT2D eigenvalue weighted by atomic mass is 16.5. The number of methoxy groups -OCH3 is 1. The molecule has 2 atom stereocenters. The van der Waals surface area contributed by atoms with E-state index in [1.165, 1.54) is 11.1 Å². The smallest absolute Gasteiger partial charge is 0.0476 e.